The molecule has 3 rings (SSSR count). The van der Waals surface area contributed by atoms with Gasteiger partial charge in [-0.15, -0.1) is 0 Å². The summed E-state index contributed by atoms with van der Waals surface area (Å²) < 4.78 is 5.74. The van der Waals surface area contributed by atoms with E-state index in [1.165, 1.54) is 23.9 Å². The summed E-state index contributed by atoms with van der Waals surface area (Å²) in [5.41, 5.74) is 1.19. The Morgan fingerprint density at radius 1 is 1.04 bits per heavy atom. The molecule has 0 saturated carbocycles. The maximum absolute atomic E-state index is 10.9. The zero-order valence-electron chi connectivity index (χ0n) is 13.3. The second-order valence-corrected chi connectivity index (χ2v) is 6.78. The standard InChI is InChI=1S/C20H12ClNO3S/c21-16-5-8-18(9-6-16)26-19-10-7-17(25-19)11-15(12-22)13-1-3-14(4-2-13)20(23)24/h1-11H,(H,23,24). The SMILES string of the molecule is N#CC(=Cc1ccc(Sc2ccc(Cl)cc2)o1)c1ccc(C(=O)O)cc1. The van der Waals surface area contributed by atoms with Crippen molar-refractivity contribution in [3.8, 4) is 6.07 Å². The van der Waals surface area contributed by atoms with Crippen LogP contribution in [0.3, 0.4) is 0 Å². The summed E-state index contributed by atoms with van der Waals surface area (Å²) in [5.74, 6) is -0.464. The largest absolute Gasteiger partial charge is 0.478 e. The highest BCUT2D eigenvalue weighted by molar-refractivity contribution is 7.99. The molecule has 0 unspecified atom stereocenters. The number of allylic oxidation sites excluding steroid dienone is 1. The van der Waals surface area contributed by atoms with Crippen LogP contribution in [0.25, 0.3) is 11.6 Å². The quantitative estimate of drug-likeness (QED) is 0.561. The Kier molecular flexibility index (Phi) is 5.47. The van der Waals surface area contributed by atoms with Crippen LogP contribution in [-0.4, -0.2) is 11.1 Å². The number of benzene rings is 2. The van der Waals surface area contributed by atoms with Crippen LogP contribution >= 0.6 is 23.4 Å². The van der Waals surface area contributed by atoms with E-state index in [9.17, 15) is 10.1 Å². The Morgan fingerprint density at radius 3 is 2.31 bits per heavy atom. The molecule has 0 saturated heterocycles. The van der Waals surface area contributed by atoms with Gasteiger partial charge in [0.05, 0.1) is 17.2 Å². The third-order valence-corrected chi connectivity index (χ3v) is 4.66. The normalized spacial score (nSPS) is 11.2. The van der Waals surface area contributed by atoms with Crippen molar-refractivity contribution in [1.82, 2.24) is 0 Å². The highest BCUT2D eigenvalue weighted by atomic mass is 35.5. The van der Waals surface area contributed by atoms with Gasteiger partial charge in [0.2, 0.25) is 0 Å². The fourth-order valence-corrected chi connectivity index (χ4v) is 3.10. The van der Waals surface area contributed by atoms with Gasteiger partial charge in [-0.3, -0.25) is 0 Å². The number of rotatable bonds is 5. The van der Waals surface area contributed by atoms with Crippen molar-refractivity contribution in [2.45, 2.75) is 9.99 Å². The van der Waals surface area contributed by atoms with Crippen LogP contribution < -0.4 is 0 Å². The van der Waals surface area contributed by atoms with Crippen LogP contribution in [0.15, 0.2) is 75.1 Å². The second kappa shape index (κ2) is 7.96. The average molecular weight is 382 g/mol. The number of aromatic carboxylic acids is 1. The lowest BCUT2D eigenvalue weighted by atomic mass is 10.0. The minimum atomic E-state index is -1.01. The van der Waals surface area contributed by atoms with Gasteiger partial charge in [-0.05, 0) is 60.2 Å². The van der Waals surface area contributed by atoms with Crippen molar-refractivity contribution in [2.24, 2.45) is 0 Å². The molecule has 0 spiro atoms. The number of carboxylic acids is 1. The zero-order chi connectivity index (χ0) is 18.5. The molecule has 26 heavy (non-hydrogen) atoms. The maximum atomic E-state index is 10.9. The maximum Gasteiger partial charge on any atom is 0.335 e. The van der Waals surface area contributed by atoms with Crippen LogP contribution in [0.1, 0.15) is 21.7 Å². The zero-order valence-corrected chi connectivity index (χ0v) is 14.9. The molecule has 0 amide bonds. The van der Waals surface area contributed by atoms with Gasteiger partial charge < -0.3 is 9.52 Å². The van der Waals surface area contributed by atoms with Crippen LogP contribution in [0, 0.1) is 11.3 Å². The Balaban J connectivity index is 1.79. The highest BCUT2D eigenvalue weighted by Gasteiger charge is 2.08. The molecule has 0 aliphatic rings. The van der Waals surface area contributed by atoms with Crippen LogP contribution in [0.4, 0.5) is 0 Å². The van der Waals surface area contributed by atoms with Gasteiger partial charge in [-0.2, -0.15) is 5.26 Å². The Labute approximate surface area is 159 Å². The van der Waals surface area contributed by atoms with E-state index in [0.29, 0.717) is 27.0 Å². The molecule has 1 heterocycles. The first kappa shape index (κ1) is 17.9. The van der Waals surface area contributed by atoms with Crippen molar-refractivity contribution in [1.29, 1.82) is 5.26 Å². The predicted molar refractivity (Wildman–Crippen MR) is 101 cm³/mol. The van der Waals surface area contributed by atoms with Crippen LogP contribution in [-0.2, 0) is 0 Å². The van der Waals surface area contributed by atoms with E-state index in [4.69, 9.17) is 21.1 Å². The minimum absolute atomic E-state index is 0.172. The highest BCUT2D eigenvalue weighted by Crippen LogP contribution is 2.31. The number of nitriles is 1. The van der Waals surface area contributed by atoms with Gasteiger partial charge in [-0.1, -0.05) is 35.5 Å². The number of hydrogen-bond acceptors (Lipinski definition) is 4. The molecule has 0 aliphatic carbocycles. The van der Waals surface area contributed by atoms with E-state index < -0.39 is 5.97 Å². The molecule has 128 valence electrons. The summed E-state index contributed by atoms with van der Waals surface area (Å²) in [6, 6.07) is 19.3. The fourth-order valence-electron chi connectivity index (χ4n) is 2.20. The molecule has 0 atom stereocenters. The summed E-state index contributed by atoms with van der Waals surface area (Å²) in [7, 11) is 0. The lowest BCUT2D eigenvalue weighted by Crippen LogP contribution is -1.95. The van der Waals surface area contributed by atoms with E-state index in [0.717, 1.165) is 4.90 Å². The summed E-state index contributed by atoms with van der Waals surface area (Å²) in [5, 5.41) is 19.7. The van der Waals surface area contributed by atoms with Gasteiger partial charge >= 0.3 is 5.97 Å². The van der Waals surface area contributed by atoms with Crippen molar-refractivity contribution < 1.29 is 14.3 Å². The molecule has 0 radical (unpaired) electrons. The molecule has 4 nitrogen and oxygen atoms in total. The minimum Gasteiger partial charge on any atom is -0.478 e. The van der Waals surface area contributed by atoms with Crippen LogP contribution in [0.2, 0.25) is 5.02 Å². The first-order valence-electron chi connectivity index (χ1n) is 7.54. The molecule has 1 aromatic heterocycles. The van der Waals surface area contributed by atoms with E-state index in [-0.39, 0.29) is 5.56 Å². The fraction of sp³-hybridized carbons (Fsp3) is 0. The average Bonchev–Trinajstić information content (AvgIpc) is 3.09. The van der Waals surface area contributed by atoms with Gasteiger partial charge in [0.25, 0.3) is 0 Å². The molecule has 0 aliphatic heterocycles. The van der Waals surface area contributed by atoms with E-state index in [2.05, 4.69) is 6.07 Å². The van der Waals surface area contributed by atoms with Gasteiger partial charge in [-0.25, -0.2) is 4.79 Å². The van der Waals surface area contributed by atoms with Gasteiger partial charge in [0.1, 0.15) is 5.76 Å². The van der Waals surface area contributed by atoms with Crippen molar-refractivity contribution >= 4 is 41.0 Å². The molecular weight excluding hydrogens is 370 g/mol. The molecule has 3 aromatic rings. The lowest BCUT2D eigenvalue weighted by molar-refractivity contribution is 0.0697. The summed E-state index contributed by atoms with van der Waals surface area (Å²) in [4.78, 5) is 11.9. The predicted octanol–water partition coefficient (Wildman–Crippen LogP) is 5.85. The van der Waals surface area contributed by atoms with Crippen LogP contribution in [0.5, 0.6) is 0 Å². The summed E-state index contributed by atoms with van der Waals surface area (Å²) >= 11 is 7.32. The third-order valence-electron chi connectivity index (χ3n) is 3.48. The molecule has 1 N–H and O–H groups in total. The topological polar surface area (TPSA) is 74.2 Å². The second-order valence-electron chi connectivity index (χ2n) is 5.27. The number of hydrogen-bond donors (Lipinski definition) is 1. The Hall–Kier alpha value is -2.94. The summed E-state index contributed by atoms with van der Waals surface area (Å²) in [6.45, 7) is 0. The number of halogens is 1. The molecule has 2 aromatic carbocycles. The van der Waals surface area contributed by atoms with E-state index in [1.807, 2.05) is 30.3 Å². The van der Waals surface area contributed by atoms with Gasteiger partial charge in [0, 0.05) is 9.92 Å². The van der Waals surface area contributed by atoms with Crippen molar-refractivity contribution in [2.75, 3.05) is 0 Å². The van der Waals surface area contributed by atoms with E-state index in [1.54, 1.807) is 24.3 Å². The third kappa shape index (κ3) is 4.37. The molecule has 6 heteroatoms. The van der Waals surface area contributed by atoms with Crippen molar-refractivity contribution in [3.63, 3.8) is 0 Å². The molecule has 0 bridgehead atoms. The molecule has 0 fully saturated rings. The Bertz CT molecular complexity index is 999. The first-order chi connectivity index (χ1) is 12.5. The summed E-state index contributed by atoms with van der Waals surface area (Å²) in [6.07, 6.45) is 1.63. The number of carbonyl (C=O) groups is 1. The first-order valence-corrected chi connectivity index (χ1v) is 8.73. The number of nitrogens with zero attached hydrogens (tertiary/aromatic N) is 1. The Morgan fingerprint density at radius 2 is 1.69 bits per heavy atom. The molecular formula is C20H12ClNO3S. The number of furan rings is 1. The lowest BCUT2D eigenvalue weighted by Gasteiger charge is -2.00. The smallest absolute Gasteiger partial charge is 0.335 e. The number of carboxylic acid groups (broad SMARTS) is 1. The monoisotopic (exact) mass is 381 g/mol. The van der Waals surface area contributed by atoms with Crippen molar-refractivity contribution in [3.05, 3.63) is 82.6 Å². The van der Waals surface area contributed by atoms with Gasteiger partial charge in [0.15, 0.2) is 5.09 Å². The van der Waals surface area contributed by atoms with E-state index >= 15 is 0 Å².